The number of carbonyl (C=O) groups is 1. The molecule has 0 bridgehead atoms. The van der Waals surface area contributed by atoms with Crippen LogP contribution in [0.15, 0.2) is 52.8 Å². The maximum atomic E-state index is 10.9. The molecule has 0 aliphatic rings. The van der Waals surface area contributed by atoms with Crippen molar-refractivity contribution in [3.63, 3.8) is 0 Å². The van der Waals surface area contributed by atoms with E-state index in [9.17, 15) is 4.79 Å². The Morgan fingerprint density at radius 1 is 1.29 bits per heavy atom. The molecule has 0 saturated carbocycles. The van der Waals surface area contributed by atoms with E-state index in [-0.39, 0.29) is 5.91 Å². The van der Waals surface area contributed by atoms with Crippen molar-refractivity contribution in [2.75, 3.05) is 6.54 Å². The highest BCUT2D eigenvalue weighted by molar-refractivity contribution is 8.02. The summed E-state index contributed by atoms with van der Waals surface area (Å²) in [5, 5.41) is 7.54. The first kappa shape index (κ1) is 15.6. The van der Waals surface area contributed by atoms with Crippen molar-refractivity contribution in [3.8, 4) is 0 Å². The number of thioether (sulfide) groups is 1. The van der Waals surface area contributed by atoms with E-state index in [1.165, 1.54) is 21.2 Å². The summed E-state index contributed by atoms with van der Waals surface area (Å²) in [6.07, 6.45) is 3.99. The second-order valence-electron chi connectivity index (χ2n) is 4.97. The average molecular weight is 299 g/mol. The van der Waals surface area contributed by atoms with E-state index in [1.807, 2.05) is 13.0 Å². The summed E-state index contributed by atoms with van der Waals surface area (Å²) in [4.78, 5) is 12.2. The first-order valence-electron chi connectivity index (χ1n) is 7.24. The van der Waals surface area contributed by atoms with Gasteiger partial charge in [-0.3, -0.25) is 4.79 Å². The van der Waals surface area contributed by atoms with Gasteiger partial charge in [-0.25, -0.2) is 0 Å². The Hall–Kier alpha value is -1.74. The lowest BCUT2D eigenvalue weighted by Gasteiger charge is -2.08. The first-order valence-corrected chi connectivity index (χ1v) is 8.12. The molecule has 21 heavy (non-hydrogen) atoms. The van der Waals surface area contributed by atoms with Crippen LogP contribution in [0, 0.1) is 0 Å². The molecule has 0 unspecified atom stereocenters. The summed E-state index contributed by atoms with van der Waals surface area (Å²) in [7, 11) is 0. The lowest BCUT2D eigenvalue weighted by atomic mass is 10.0. The van der Waals surface area contributed by atoms with Crippen LogP contribution < -0.4 is 5.32 Å². The lowest BCUT2D eigenvalue weighted by molar-refractivity contribution is -0.118. The van der Waals surface area contributed by atoms with Gasteiger partial charge < -0.3 is 5.32 Å². The summed E-state index contributed by atoms with van der Waals surface area (Å²) in [5.74, 6) is 0.0398. The van der Waals surface area contributed by atoms with E-state index in [1.54, 1.807) is 18.7 Å². The number of fused-ring (bicyclic) bond motifs is 1. The van der Waals surface area contributed by atoms with Crippen LogP contribution in [0.5, 0.6) is 0 Å². The van der Waals surface area contributed by atoms with Crippen molar-refractivity contribution in [1.29, 1.82) is 0 Å². The van der Waals surface area contributed by atoms with Crippen molar-refractivity contribution in [3.05, 3.63) is 53.4 Å². The fourth-order valence-corrected chi connectivity index (χ4v) is 2.92. The van der Waals surface area contributed by atoms with Gasteiger partial charge in [0.25, 0.3) is 0 Å². The highest BCUT2D eigenvalue weighted by Gasteiger charge is 2.03. The molecule has 2 aromatic rings. The van der Waals surface area contributed by atoms with E-state index >= 15 is 0 Å². The predicted molar refractivity (Wildman–Crippen MR) is 91.6 cm³/mol. The van der Waals surface area contributed by atoms with Crippen molar-refractivity contribution in [1.82, 2.24) is 5.32 Å². The van der Waals surface area contributed by atoms with Crippen LogP contribution in [0.25, 0.3) is 10.8 Å². The second kappa shape index (κ2) is 7.89. The molecular weight excluding hydrogens is 278 g/mol. The van der Waals surface area contributed by atoms with Gasteiger partial charge in [0.1, 0.15) is 0 Å². The molecule has 0 atom stereocenters. The predicted octanol–water partition coefficient (Wildman–Crippen LogP) is 4.53. The quantitative estimate of drug-likeness (QED) is 0.627. The van der Waals surface area contributed by atoms with Crippen molar-refractivity contribution in [2.45, 2.75) is 31.6 Å². The van der Waals surface area contributed by atoms with Gasteiger partial charge in [0, 0.05) is 18.4 Å². The number of rotatable bonds is 6. The molecular formula is C18H21NOS. The molecule has 2 nitrogen and oxygen atoms in total. The Bertz CT molecular complexity index is 649. The monoisotopic (exact) mass is 299 g/mol. The van der Waals surface area contributed by atoms with Gasteiger partial charge in [0.15, 0.2) is 0 Å². The van der Waals surface area contributed by atoms with Gasteiger partial charge in [-0.05, 0) is 53.6 Å². The van der Waals surface area contributed by atoms with Crippen LogP contribution in [0.3, 0.4) is 0 Å². The number of allylic oxidation sites excluding steroid dienone is 1. The molecule has 0 spiro atoms. The number of hydrogen-bond acceptors (Lipinski definition) is 2. The molecule has 0 radical (unpaired) electrons. The third-order valence-electron chi connectivity index (χ3n) is 3.28. The third kappa shape index (κ3) is 4.64. The molecule has 0 aromatic heterocycles. The minimum Gasteiger partial charge on any atom is -0.356 e. The van der Waals surface area contributed by atoms with Crippen LogP contribution in [0.2, 0.25) is 0 Å². The van der Waals surface area contributed by atoms with Crippen molar-refractivity contribution in [2.24, 2.45) is 0 Å². The second-order valence-corrected chi connectivity index (χ2v) is 5.95. The highest BCUT2D eigenvalue weighted by atomic mass is 32.2. The molecule has 0 aliphatic carbocycles. The molecule has 110 valence electrons. The number of benzene rings is 2. The first-order chi connectivity index (χ1) is 10.2. The zero-order chi connectivity index (χ0) is 15.1. The maximum Gasteiger partial charge on any atom is 0.216 e. The Labute approximate surface area is 130 Å². The van der Waals surface area contributed by atoms with E-state index in [2.05, 4.69) is 47.1 Å². The Morgan fingerprint density at radius 2 is 2.14 bits per heavy atom. The Balaban J connectivity index is 2.15. The highest BCUT2D eigenvalue weighted by Crippen LogP contribution is 2.27. The van der Waals surface area contributed by atoms with Crippen molar-refractivity contribution >= 4 is 28.4 Å². The molecule has 0 heterocycles. The number of hydrogen-bond donors (Lipinski definition) is 1. The largest absolute Gasteiger partial charge is 0.356 e. The number of aryl methyl sites for hydroxylation is 1. The van der Waals surface area contributed by atoms with Gasteiger partial charge in [0.05, 0.1) is 0 Å². The smallest absolute Gasteiger partial charge is 0.216 e. The van der Waals surface area contributed by atoms with Crippen LogP contribution >= 0.6 is 11.8 Å². The summed E-state index contributed by atoms with van der Waals surface area (Å²) in [6, 6.07) is 13.0. The number of carbonyl (C=O) groups excluding carboxylic acids is 1. The normalized spacial score (nSPS) is 11.1. The summed E-state index contributed by atoms with van der Waals surface area (Å²) in [5.41, 5.74) is 1.35. The van der Waals surface area contributed by atoms with Crippen LogP contribution in [-0.2, 0) is 11.2 Å². The third-order valence-corrected chi connectivity index (χ3v) is 4.22. The van der Waals surface area contributed by atoms with E-state index in [4.69, 9.17) is 0 Å². The zero-order valence-electron chi connectivity index (χ0n) is 12.6. The average Bonchev–Trinajstić information content (AvgIpc) is 2.49. The summed E-state index contributed by atoms with van der Waals surface area (Å²) in [6.45, 7) is 4.32. The van der Waals surface area contributed by atoms with E-state index in [0.29, 0.717) is 0 Å². The van der Waals surface area contributed by atoms with Gasteiger partial charge in [-0.2, -0.15) is 0 Å². The number of nitrogens with one attached hydrogen (secondary N) is 1. The molecule has 0 saturated heterocycles. The standard InChI is InChI=1S/C18H21NOS/c1-3-12-21-17-10-9-16-7-4-6-15(18(16)13-17)8-5-11-19-14(2)20/h3-4,6-7,9-10,12-13H,5,8,11H2,1-2H3,(H,19,20)/b12-3-. The lowest BCUT2D eigenvalue weighted by Crippen LogP contribution is -2.21. The SMILES string of the molecule is C/C=C\Sc1ccc2cccc(CCCNC(C)=O)c2c1. The Kier molecular flexibility index (Phi) is 5.88. The zero-order valence-corrected chi connectivity index (χ0v) is 13.4. The minimum atomic E-state index is 0.0398. The summed E-state index contributed by atoms with van der Waals surface area (Å²) >= 11 is 1.74. The molecule has 2 rings (SSSR count). The van der Waals surface area contributed by atoms with Crippen LogP contribution in [-0.4, -0.2) is 12.5 Å². The fourth-order valence-electron chi connectivity index (χ4n) is 2.30. The van der Waals surface area contributed by atoms with E-state index in [0.717, 1.165) is 19.4 Å². The number of amides is 1. The van der Waals surface area contributed by atoms with Gasteiger partial charge >= 0.3 is 0 Å². The Morgan fingerprint density at radius 3 is 2.90 bits per heavy atom. The molecule has 1 amide bonds. The molecule has 0 fully saturated rings. The van der Waals surface area contributed by atoms with Crippen LogP contribution in [0.1, 0.15) is 25.8 Å². The van der Waals surface area contributed by atoms with Gasteiger partial charge in [-0.15, -0.1) is 0 Å². The van der Waals surface area contributed by atoms with Gasteiger partial charge in [-0.1, -0.05) is 42.1 Å². The molecule has 3 heteroatoms. The van der Waals surface area contributed by atoms with E-state index < -0.39 is 0 Å². The topological polar surface area (TPSA) is 29.1 Å². The fraction of sp³-hybridized carbons (Fsp3) is 0.278. The minimum absolute atomic E-state index is 0.0398. The molecule has 0 aliphatic heterocycles. The van der Waals surface area contributed by atoms with Crippen molar-refractivity contribution < 1.29 is 4.79 Å². The van der Waals surface area contributed by atoms with Gasteiger partial charge in [0.2, 0.25) is 5.91 Å². The summed E-state index contributed by atoms with van der Waals surface area (Å²) < 4.78 is 0. The molecule has 2 aromatic carbocycles. The van der Waals surface area contributed by atoms with Crippen LogP contribution in [0.4, 0.5) is 0 Å². The molecule has 1 N–H and O–H groups in total. The maximum absolute atomic E-state index is 10.9.